The number of hydrogen-bond acceptors (Lipinski definition) is 6. The minimum Gasteiger partial charge on any atom is -0.467 e. The van der Waals surface area contributed by atoms with Gasteiger partial charge in [-0.25, -0.2) is 9.59 Å². The zero-order valence-corrected chi connectivity index (χ0v) is 25.5. The van der Waals surface area contributed by atoms with Gasteiger partial charge in [0.05, 0.1) is 13.2 Å². The normalized spacial score (nSPS) is 19.5. The van der Waals surface area contributed by atoms with E-state index in [1.807, 2.05) is 60.7 Å². The summed E-state index contributed by atoms with van der Waals surface area (Å²) in [4.78, 5) is 64.7. The van der Waals surface area contributed by atoms with Gasteiger partial charge in [0.25, 0.3) is 0 Å². The summed E-state index contributed by atoms with van der Waals surface area (Å²) in [7, 11) is 1.24. The standard InChI is InChI=1S/C33H43N5O6/c1-22(2)29(32(42)44-3)38-33(43)37-27(21-24-14-8-5-9-15-24)31(41)36-26-16-10-11-19-34-28(39)18-17-25(35-30(26)40)20-23-12-6-4-7-13-23/h4-9,12-15,17-18,22,25-27,29H,10-11,16,19-21H2,1-3H3,(H,34,39)(H,35,40)(H,36,41)(H2,37,38,43)/b18-17+/t25-,26+,27?,29?/m1/s1. The summed E-state index contributed by atoms with van der Waals surface area (Å²) in [5.74, 6) is -2.02. The second-order valence-electron chi connectivity index (χ2n) is 11.1. The van der Waals surface area contributed by atoms with Crippen molar-refractivity contribution in [2.45, 2.75) is 70.1 Å². The van der Waals surface area contributed by atoms with Crippen LogP contribution in [0.15, 0.2) is 72.8 Å². The van der Waals surface area contributed by atoms with Crippen molar-refractivity contribution in [2.24, 2.45) is 5.92 Å². The lowest BCUT2D eigenvalue weighted by atomic mass is 10.0. The molecule has 0 saturated carbocycles. The zero-order valence-electron chi connectivity index (χ0n) is 25.5. The van der Waals surface area contributed by atoms with Crippen LogP contribution in [0.1, 0.15) is 44.2 Å². The van der Waals surface area contributed by atoms with Crippen LogP contribution in [0.25, 0.3) is 0 Å². The van der Waals surface area contributed by atoms with Crippen LogP contribution in [0.4, 0.5) is 4.79 Å². The molecule has 0 spiro atoms. The maximum Gasteiger partial charge on any atom is 0.328 e. The quantitative estimate of drug-likeness (QED) is 0.262. The number of urea groups is 1. The number of carbonyl (C=O) groups is 5. The first-order valence-electron chi connectivity index (χ1n) is 15.0. The molecular formula is C33H43N5O6. The highest BCUT2D eigenvalue weighted by molar-refractivity contribution is 5.93. The van der Waals surface area contributed by atoms with Crippen molar-refractivity contribution < 1.29 is 28.7 Å². The minimum atomic E-state index is -1.05. The molecule has 0 fully saturated rings. The van der Waals surface area contributed by atoms with Crippen molar-refractivity contribution in [2.75, 3.05) is 13.7 Å². The van der Waals surface area contributed by atoms with Gasteiger partial charge in [0, 0.05) is 19.0 Å². The maximum absolute atomic E-state index is 13.7. The highest BCUT2D eigenvalue weighted by Gasteiger charge is 2.30. The highest BCUT2D eigenvalue weighted by Crippen LogP contribution is 2.10. The Morgan fingerprint density at radius 1 is 0.932 bits per heavy atom. The molecule has 5 N–H and O–H groups in total. The molecule has 0 aromatic heterocycles. The van der Waals surface area contributed by atoms with Gasteiger partial charge in [-0.05, 0) is 42.7 Å². The molecule has 11 heteroatoms. The lowest BCUT2D eigenvalue weighted by Crippen LogP contribution is -2.58. The molecule has 4 atom stereocenters. The third-order valence-electron chi connectivity index (χ3n) is 7.27. The Morgan fingerprint density at radius 3 is 2.23 bits per heavy atom. The molecule has 0 aliphatic carbocycles. The first-order chi connectivity index (χ1) is 21.2. The van der Waals surface area contributed by atoms with Crippen LogP contribution in [0.3, 0.4) is 0 Å². The van der Waals surface area contributed by atoms with Gasteiger partial charge >= 0.3 is 12.0 Å². The number of methoxy groups -OCH3 is 1. The predicted octanol–water partition coefficient (Wildman–Crippen LogP) is 2.16. The van der Waals surface area contributed by atoms with E-state index >= 15 is 0 Å². The van der Waals surface area contributed by atoms with Crippen LogP contribution in [0, 0.1) is 5.92 Å². The van der Waals surface area contributed by atoms with Crippen molar-refractivity contribution in [3.63, 3.8) is 0 Å². The molecule has 5 amide bonds. The van der Waals surface area contributed by atoms with Gasteiger partial charge in [0.15, 0.2) is 0 Å². The van der Waals surface area contributed by atoms with Crippen LogP contribution in [0.2, 0.25) is 0 Å². The van der Waals surface area contributed by atoms with Crippen LogP contribution in [-0.2, 0) is 36.8 Å². The first-order valence-corrected chi connectivity index (χ1v) is 15.0. The van der Waals surface area contributed by atoms with Crippen LogP contribution in [0.5, 0.6) is 0 Å². The molecule has 2 aromatic carbocycles. The van der Waals surface area contributed by atoms with Crippen molar-refractivity contribution in [3.8, 4) is 0 Å². The van der Waals surface area contributed by atoms with Gasteiger partial charge in [-0.1, -0.05) is 80.6 Å². The first kappa shape index (κ1) is 33.8. The number of amides is 5. The Labute approximate surface area is 258 Å². The van der Waals surface area contributed by atoms with E-state index in [9.17, 15) is 24.0 Å². The van der Waals surface area contributed by atoms with Gasteiger partial charge in [-0.2, -0.15) is 0 Å². The zero-order chi connectivity index (χ0) is 31.9. The van der Waals surface area contributed by atoms with Gasteiger partial charge in [-0.3, -0.25) is 14.4 Å². The summed E-state index contributed by atoms with van der Waals surface area (Å²) in [5.41, 5.74) is 1.77. The average Bonchev–Trinajstić information content (AvgIpc) is 3.01. The molecule has 236 valence electrons. The van der Waals surface area contributed by atoms with Gasteiger partial charge in [0.1, 0.15) is 18.1 Å². The topological polar surface area (TPSA) is 155 Å². The fourth-order valence-corrected chi connectivity index (χ4v) is 4.83. The Kier molecular flexibility index (Phi) is 13.4. The molecule has 0 saturated heterocycles. The maximum atomic E-state index is 13.7. The number of nitrogens with one attached hydrogen (secondary N) is 5. The van der Waals surface area contributed by atoms with Gasteiger partial charge in [0.2, 0.25) is 17.7 Å². The monoisotopic (exact) mass is 605 g/mol. The highest BCUT2D eigenvalue weighted by atomic mass is 16.5. The minimum absolute atomic E-state index is 0.157. The van der Waals surface area contributed by atoms with Gasteiger partial charge in [-0.15, -0.1) is 0 Å². The molecule has 2 unspecified atom stereocenters. The molecule has 1 aliphatic rings. The third kappa shape index (κ3) is 11.2. The molecule has 0 radical (unpaired) electrons. The third-order valence-corrected chi connectivity index (χ3v) is 7.27. The van der Waals surface area contributed by atoms with Crippen molar-refractivity contribution in [3.05, 3.63) is 83.9 Å². The van der Waals surface area contributed by atoms with E-state index in [4.69, 9.17) is 4.74 Å². The second-order valence-corrected chi connectivity index (χ2v) is 11.1. The number of benzene rings is 2. The molecule has 11 nitrogen and oxygen atoms in total. The molecule has 44 heavy (non-hydrogen) atoms. The number of rotatable bonds is 10. The van der Waals surface area contributed by atoms with E-state index in [1.54, 1.807) is 19.9 Å². The molecule has 2 aromatic rings. The van der Waals surface area contributed by atoms with Gasteiger partial charge < -0.3 is 31.3 Å². The summed E-state index contributed by atoms with van der Waals surface area (Å²) in [6, 6.07) is 14.7. The van der Waals surface area contributed by atoms with Crippen LogP contribution >= 0.6 is 0 Å². The summed E-state index contributed by atoms with van der Waals surface area (Å²) >= 11 is 0. The van der Waals surface area contributed by atoms with E-state index in [1.165, 1.54) is 13.2 Å². The van der Waals surface area contributed by atoms with Crippen LogP contribution < -0.4 is 26.6 Å². The lowest BCUT2D eigenvalue weighted by Gasteiger charge is -2.26. The summed E-state index contributed by atoms with van der Waals surface area (Å²) in [5, 5.41) is 14.0. The van der Waals surface area contributed by atoms with Crippen molar-refractivity contribution in [1.29, 1.82) is 0 Å². The fraction of sp³-hybridized carbons (Fsp3) is 0.424. The van der Waals surface area contributed by atoms with Crippen molar-refractivity contribution >= 4 is 29.7 Å². The molecular weight excluding hydrogens is 562 g/mol. The Balaban J connectivity index is 1.79. The van der Waals surface area contributed by atoms with Crippen LogP contribution in [-0.4, -0.2) is 67.5 Å². The van der Waals surface area contributed by atoms with E-state index in [0.717, 1.165) is 11.1 Å². The number of ether oxygens (including phenoxy) is 1. The smallest absolute Gasteiger partial charge is 0.328 e. The Morgan fingerprint density at radius 2 is 1.59 bits per heavy atom. The summed E-state index contributed by atoms with van der Waals surface area (Å²) in [6.07, 6.45) is 5.19. The molecule has 0 bridgehead atoms. The summed E-state index contributed by atoms with van der Waals surface area (Å²) in [6.45, 7) is 3.97. The van der Waals surface area contributed by atoms with E-state index in [-0.39, 0.29) is 18.2 Å². The second kappa shape index (κ2) is 17.4. The van der Waals surface area contributed by atoms with E-state index in [2.05, 4.69) is 26.6 Å². The molecule has 1 aliphatic heterocycles. The Bertz CT molecular complexity index is 1280. The number of carbonyl (C=O) groups excluding carboxylic acids is 5. The molecule has 1 heterocycles. The lowest BCUT2D eigenvalue weighted by molar-refractivity contribution is -0.144. The SMILES string of the molecule is COC(=O)C(NC(=O)NC(Cc1ccccc1)C(=O)N[C@H]1CCCCNC(=O)/C=C/[C@H](Cc2ccccc2)NC1=O)C(C)C. The van der Waals surface area contributed by atoms with E-state index in [0.29, 0.717) is 32.2 Å². The average molecular weight is 606 g/mol. The largest absolute Gasteiger partial charge is 0.467 e. The summed E-state index contributed by atoms with van der Waals surface area (Å²) < 4.78 is 4.81. The number of esters is 1. The Hall–Kier alpha value is -4.67. The predicted molar refractivity (Wildman–Crippen MR) is 166 cm³/mol. The van der Waals surface area contributed by atoms with E-state index < -0.39 is 48.0 Å². The van der Waals surface area contributed by atoms with Crippen molar-refractivity contribution in [1.82, 2.24) is 26.6 Å². The fourth-order valence-electron chi connectivity index (χ4n) is 4.83. The number of hydrogen-bond donors (Lipinski definition) is 5. The molecule has 3 rings (SSSR count).